The normalized spacial score (nSPS) is 10.9. The molecular weight excluding hydrogens is 288 g/mol. The second kappa shape index (κ2) is 6.20. The lowest BCUT2D eigenvalue weighted by Crippen LogP contribution is -2.12. The lowest BCUT2D eigenvalue weighted by atomic mass is 10.1. The van der Waals surface area contributed by atoms with Gasteiger partial charge in [0.1, 0.15) is 5.56 Å². The zero-order valence-electron chi connectivity index (χ0n) is 13.6. The molecule has 2 aromatic heterocycles. The summed E-state index contributed by atoms with van der Waals surface area (Å²) in [6.07, 6.45) is 3.72. The Balaban J connectivity index is 1.86. The molecule has 0 fully saturated rings. The second-order valence-electron chi connectivity index (χ2n) is 5.73. The van der Waals surface area contributed by atoms with Crippen LogP contribution >= 0.6 is 0 Å². The minimum atomic E-state index is -0.194. The molecule has 23 heavy (non-hydrogen) atoms. The zero-order chi connectivity index (χ0) is 16.4. The molecule has 5 heteroatoms. The number of rotatable bonds is 4. The minimum Gasteiger partial charge on any atom is -0.322 e. The Hall–Kier alpha value is -2.69. The molecule has 3 rings (SSSR count). The van der Waals surface area contributed by atoms with E-state index in [0.29, 0.717) is 11.2 Å². The van der Waals surface area contributed by atoms with E-state index >= 15 is 0 Å². The van der Waals surface area contributed by atoms with Crippen molar-refractivity contribution in [1.82, 2.24) is 14.6 Å². The summed E-state index contributed by atoms with van der Waals surface area (Å²) in [5.74, 6) is -0.194. The summed E-state index contributed by atoms with van der Waals surface area (Å²) in [4.78, 5) is 17.0. The van der Waals surface area contributed by atoms with Crippen molar-refractivity contribution in [2.45, 2.75) is 33.6 Å². The Bertz CT molecular complexity index is 849. The van der Waals surface area contributed by atoms with Crippen LogP contribution in [0.25, 0.3) is 5.65 Å². The Labute approximate surface area is 135 Å². The van der Waals surface area contributed by atoms with E-state index in [1.165, 1.54) is 5.56 Å². The molecule has 0 aliphatic heterocycles. The van der Waals surface area contributed by atoms with Crippen molar-refractivity contribution in [2.24, 2.45) is 0 Å². The number of carbonyl (C=O) groups is 1. The van der Waals surface area contributed by atoms with Crippen LogP contribution in [-0.4, -0.2) is 20.5 Å². The third-order valence-corrected chi connectivity index (χ3v) is 3.77. The highest BCUT2D eigenvalue weighted by atomic mass is 16.1. The predicted octanol–water partition coefficient (Wildman–Crippen LogP) is 3.55. The van der Waals surface area contributed by atoms with Crippen LogP contribution < -0.4 is 5.32 Å². The predicted molar refractivity (Wildman–Crippen MR) is 90.9 cm³/mol. The summed E-state index contributed by atoms with van der Waals surface area (Å²) in [5.41, 5.74) is 4.94. The van der Waals surface area contributed by atoms with Crippen LogP contribution in [0.1, 0.15) is 40.7 Å². The number of carbonyl (C=O) groups excluding carboxylic acids is 1. The highest BCUT2D eigenvalue weighted by Crippen LogP contribution is 2.16. The molecule has 5 nitrogen and oxygen atoms in total. The van der Waals surface area contributed by atoms with Crippen molar-refractivity contribution < 1.29 is 4.79 Å². The molecule has 2 heterocycles. The minimum absolute atomic E-state index is 0.194. The number of nitrogens with zero attached hydrogens (tertiary/aromatic N) is 3. The topological polar surface area (TPSA) is 59.3 Å². The number of amides is 1. The fourth-order valence-electron chi connectivity index (χ4n) is 2.67. The first kappa shape index (κ1) is 15.2. The van der Waals surface area contributed by atoms with Gasteiger partial charge in [-0.2, -0.15) is 5.10 Å². The van der Waals surface area contributed by atoms with Crippen molar-refractivity contribution in [3.05, 3.63) is 59.0 Å². The molecule has 0 radical (unpaired) electrons. The van der Waals surface area contributed by atoms with Gasteiger partial charge in [0.2, 0.25) is 0 Å². The van der Waals surface area contributed by atoms with E-state index in [-0.39, 0.29) is 5.91 Å². The van der Waals surface area contributed by atoms with Crippen molar-refractivity contribution in [3.63, 3.8) is 0 Å². The summed E-state index contributed by atoms with van der Waals surface area (Å²) in [5, 5.41) is 7.17. The molecule has 118 valence electrons. The summed E-state index contributed by atoms with van der Waals surface area (Å²) in [6.45, 7) is 6.01. The van der Waals surface area contributed by atoms with E-state index in [1.54, 1.807) is 10.7 Å². The van der Waals surface area contributed by atoms with Crippen LogP contribution in [0.2, 0.25) is 0 Å². The zero-order valence-corrected chi connectivity index (χ0v) is 13.6. The fraction of sp³-hybridized carbons (Fsp3) is 0.278. The largest absolute Gasteiger partial charge is 0.322 e. The van der Waals surface area contributed by atoms with Crippen LogP contribution in [0.3, 0.4) is 0 Å². The molecule has 0 spiro atoms. The third-order valence-electron chi connectivity index (χ3n) is 3.77. The van der Waals surface area contributed by atoms with Gasteiger partial charge in [0.05, 0.1) is 6.20 Å². The van der Waals surface area contributed by atoms with E-state index in [4.69, 9.17) is 0 Å². The van der Waals surface area contributed by atoms with Gasteiger partial charge in [-0.25, -0.2) is 9.50 Å². The van der Waals surface area contributed by atoms with E-state index in [9.17, 15) is 4.79 Å². The number of anilines is 1. The molecule has 0 aliphatic carbocycles. The fourth-order valence-corrected chi connectivity index (χ4v) is 2.67. The molecule has 0 atom stereocenters. The standard InChI is InChI=1S/C18H20N4O/c1-4-5-14-6-8-15(9-7-14)21-18(23)16-11-19-22-13(3)10-12(2)20-17(16)22/h6-11H,4-5H2,1-3H3,(H,21,23). The lowest BCUT2D eigenvalue weighted by Gasteiger charge is -2.06. The molecule has 0 aliphatic rings. The number of benzene rings is 1. The van der Waals surface area contributed by atoms with E-state index < -0.39 is 0 Å². The van der Waals surface area contributed by atoms with E-state index in [2.05, 4.69) is 22.3 Å². The Morgan fingerprint density at radius 3 is 2.65 bits per heavy atom. The maximum Gasteiger partial charge on any atom is 0.261 e. The van der Waals surface area contributed by atoms with E-state index in [0.717, 1.165) is 29.9 Å². The van der Waals surface area contributed by atoms with Gasteiger partial charge in [-0.15, -0.1) is 0 Å². The SMILES string of the molecule is CCCc1ccc(NC(=O)c2cnn3c(C)cc(C)nc23)cc1. The molecule has 1 amide bonds. The van der Waals surface area contributed by atoms with Gasteiger partial charge < -0.3 is 5.32 Å². The Morgan fingerprint density at radius 1 is 1.22 bits per heavy atom. The first-order valence-electron chi connectivity index (χ1n) is 7.80. The average Bonchev–Trinajstić information content (AvgIpc) is 2.93. The number of fused-ring (bicyclic) bond motifs is 1. The summed E-state index contributed by atoms with van der Waals surface area (Å²) < 4.78 is 1.69. The average molecular weight is 308 g/mol. The van der Waals surface area contributed by atoms with Crippen LogP contribution in [0.15, 0.2) is 36.5 Å². The molecule has 1 aromatic carbocycles. The monoisotopic (exact) mass is 308 g/mol. The maximum atomic E-state index is 12.5. The molecule has 0 bridgehead atoms. The van der Waals surface area contributed by atoms with Crippen molar-refractivity contribution in [2.75, 3.05) is 5.32 Å². The van der Waals surface area contributed by atoms with Crippen molar-refractivity contribution >= 4 is 17.2 Å². The highest BCUT2D eigenvalue weighted by Gasteiger charge is 2.15. The third kappa shape index (κ3) is 3.08. The Morgan fingerprint density at radius 2 is 1.96 bits per heavy atom. The van der Waals surface area contributed by atoms with Gasteiger partial charge in [-0.3, -0.25) is 4.79 Å². The number of aromatic nitrogens is 3. The number of hydrogen-bond donors (Lipinski definition) is 1. The number of aryl methyl sites for hydroxylation is 3. The van der Waals surface area contributed by atoms with Crippen LogP contribution in [0.4, 0.5) is 5.69 Å². The molecular formula is C18H20N4O. The van der Waals surface area contributed by atoms with Gasteiger partial charge in [0, 0.05) is 17.1 Å². The van der Waals surface area contributed by atoms with Gasteiger partial charge in [0.25, 0.3) is 5.91 Å². The van der Waals surface area contributed by atoms with Gasteiger partial charge >= 0.3 is 0 Å². The molecule has 3 aromatic rings. The van der Waals surface area contributed by atoms with E-state index in [1.807, 2.05) is 44.2 Å². The first-order chi connectivity index (χ1) is 11.1. The van der Waals surface area contributed by atoms with Crippen molar-refractivity contribution in [1.29, 1.82) is 0 Å². The molecule has 0 saturated heterocycles. The quantitative estimate of drug-likeness (QED) is 0.802. The maximum absolute atomic E-state index is 12.5. The van der Waals surface area contributed by atoms with Gasteiger partial charge in [0.15, 0.2) is 5.65 Å². The first-order valence-corrected chi connectivity index (χ1v) is 7.80. The van der Waals surface area contributed by atoms with Crippen LogP contribution in [0.5, 0.6) is 0 Å². The summed E-state index contributed by atoms with van der Waals surface area (Å²) in [6, 6.07) is 9.88. The summed E-state index contributed by atoms with van der Waals surface area (Å²) in [7, 11) is 0. The van der Waals surface area contributed by atoms with Crippen LogP contribution in [0, 0.1) is 13.8 Å². The number of nitrogens with one attached hydrogen (secondary N) is 1. The van der Waals surface area contributed by atoms with Gasteiger partial charge in [-0.05, 0) is 44.0 Å². The molecule has 1 N–H and O–H groups in total. The lowest BCUT2D eigenvalue weighted by molar-refractivity contribution is 0.102. The van der Waals surface area contributed by atoms with Crippen molar-refractivity contribution in [3.8, 4) is 0 Å². The van der Waals surface area contributed by atoms with Gasteiger partial charge in [-0.1, -0.05) is 25.5 Å². The number of hydrogen-bond acceptors (Lipinski definition) is 3. The smallest absolute Gasteiger partial charge is 0.261 e. The molecule has 0 saturated carbocycles. The Kier molecular flexibility index (Phi) is 4.10. The second-order valence-corrected chi connectivity index (χ2v) is 5.73. The van der Waals surface area contributed by atoms with Crippen LogP contribution in [-0.2, 0) is 6.42 Å². The highest BCUT2D eigenvalue weighted by molar-refractivity contribution is 6.08. The summed E-state index contributed by atoms with van der Waals surface area (Å²) >= 11 is 0. The molecule has 0 unspecified atom stereocenters.